The van der Waals surface area contributed by atoms with E-state index in [0.717, 1.165) is 0 Å². The summed E-state index contributed by atoms with van der Waals surface area (Å²) in [5.41, 5.74) is 1.52. The Morgan fingerprint density at radius 1 is 1.67 bits per heavy atom. The molecule has 1 aliphatic rings. The second-order valence-electron chi connectivity index (χ2n) is 2.93. The van der Waals surface area contributed by atoms with Crippen molar-refractivity contribution in [1.82, 2.24) is 0 Å². The van der Waals surface area contributed by atoms with E-state index in [-0.39, 0.29) is 20.3 Å². The Labute approximate surface area is 73.5 Å². The summed E-state index contributed by atoms with van der Waals surface area (Å²) in [5.74, 6) is 0. The average molecular weight is 132 g/mol. The third kappa shape index (κ3) is 1.86. The summed E-state index contributed by atoms with van der Waals surface area (Å²) in [7, 11) is 1.24. The quantitative estimate of drug-likeness (QED) is 0.340. The fraction of sp³-hybridized carbons (Fsp3) is 0.429. The summed E-state index contributed by atoms with van der Waals surface area (Å²) in [6.45, 7) is 4.49. The second-order valence-corrected chi connectivity index (χ2v) is 5.01. The molecule has 1 unspecified atom stereocenters. The summed E-state index contributed by atoms with van der Waals surface area (Å²) in [5, 5.41) is 0.472. The number of hydrogen-bond donors (Lipinski definition) is 0. The van der Waals surface area contributed by atoms with Crippen molar-refractivity contribution < 1.29 is 20.3 Å². The molecule has 0 heterocycles. The van der Waals surface area contributed by atoms with Crippen molar-refractivity contribution in [3.63, 3.8) is 0 Å². The molecule has 1 rings (SSSR count). The van der Waals surface area contributed by atoms with Crippen LogP contribution in [0.2, 0.25) is 5.04 Å². The SMILES string of the molecule is CC1=CC=CC1(C)[SiH3].[H-].[Li+]. The molecule has 0 spiro atoms. The van der Waals surface area contributed by atoms with Gasteiger partial charge in [-0.25, -0.2) is 0 Å². The summed E-state index contributed by atoms with van der Waals surface area (Å²) < 4.78 is 0. The van der Waals surface area contributed by atoms with Gasteiger partial charge in [-0.15, -0.1) is 0 Å². The van der Waals surface area contributed by atoms with Crippen LogP contribution in [-0.2, 0) is 0 Å². The van der Waals surface area contributed by atoms with Crippen LogP contribution in [0, 0.1) is 0 Å². The standard InChI is InChI=1S/C7H12Si.Li.H/c1-6-4-3-5-7(6,2)8;;/h3-5H,1-2,8H3;;/q;+1;-1. The molecule has 9 heavy (non-hydrogen) atoms. The molecule has 0 N–H and O–H groups in total. The van der Waals surface area contributed by atoms with Gasteiger partial charge in [0, 0.05) is 10.2 Å². The van der Waals surface area contributed by atoms with E-state index in [0.29, 0.717) is 5.04 Å². The van der Waals surface area contributed by atoms with Crippen LogP contribution in [0.5, 0.6) is 0 Å². The largest absolute Gasteiger partial charge is 1.00 e. The van der Waals surface area contributed by atoms with E-state index >= 15 is 0 Å². The second kappa shape index (κ2) is 2.92. The minimum Gasteiger partial charge on any atom is -1.00 e. The van der Waals surface area contributed by atoms with Gasteiger partial charge >= 0.3 is 18.9 Å². The predicted octanol–water partition coefficient (Wildman–Crippen LogP) is -1.84. The molecule has 1 aliphatic carbocycles. The molecule has 0 radical (unpaired) electrons. The third-order valence-electron chi connectivity index (χ3n) is 1.88. The van der Waals surface area contributed by atoms with E-state index in [1.807, 2.05) is 0 Å². The Hall–Kier alpha value is 0.294. The Bertz CT molecular complexity index is 161. The first-order chi connectivity index (χ1) is 3.63. The molecule has 0 amide bonds. The van der Waals surface area contributed by atoms with E-state index in [2.05, 4.69) is 32.1 Å². The van der Waals surface area contributed by atoms with Crippen LogP contribution in [-0.4, -0.2) is 10.2 Å². The van der Waals surface area contributed by atoms with E-state index in [4.69, 9.17) is 0 Å². The van der Waals surface area contributed by atoms with Gasteiger partial charge in [-0.2, -0.15) is 0 Å². The van der Waals surface area contributed by atoms with Crippen LogP contribution in [0.3, 0.4) is 0 Å². The first kappa shape index (κ1) is 9.29. The van der Waals surface area contributed by atoms with Crippen molar-refractivity contribution in [2.24, 2.45) is 0 Å². The van der Waals surface area contributed by atoms with E-state index in [9.17, 15) is 0 Å². The number of rotatable bonds is 0. The van der Waals surface area contributed by atoms with E-state index in [1.54, 1.807) is 0 Å². The van der Waals surface area contributed by atoms with E-state index in [1.165, 1.54) is 15.8 Å². The van der Waals surface area contributed by atoms with Gasteiger partial charge in [-0.05, 0) is 12.0 Å². The van der Waals surface area contributed by atoms with Crippen LogP contribution in [0.4, 0.5) is 0 Å². The van der Waals surface area contributed by atoms with Gasteiger partial charge in [0.05, 0.1) is 0 Å². The van der Waals surface area contributed by atoms with Crippen molar-refractivity contribution in [1.29, 1.82) is 0 Å². The minimum absolute atomic E-state index is 0. The van der Waals surface area contributed by atoms with Gasteiger partial charge in [0.1, 0.15) is 0 Å². The van der Waals surface area contributed by atoms with Crippen molar-refractivity contribution in [2.45, 2.75) is 18.9 Å². The molecule has 0 aromatic carbocycles. The van der Waals surface area contributed by atoms with Gasteiger partial charge < -0.3 is 1.43 Å². The molecular weight excluding hydrogens is 119 g/mol. The summed E-state index contributed by atoms with van der Waals surface area (Å²) in [6.07, 6.45) is 6.64. The predicted molar refractivity (Wildman–Crippen MR) is 42.3 cm³/mol. The minimum atomic E-state index is 0. The first-order valence-corrected chi connectivity index (χ1v) is 3.99. The van der Waals surface area contributed by atoms with Crippen molar-refractivity contribution in [3.05, 3.63) is 23.8 Å². The molecule has 46 valence electrons. The normalized spacial score (nSPS) is 32.0. The molecule has 0 nitrogen and oxygen atoms in total. The number of allylic oxidation sites excluding steroid dienone is 4. The van der Waals surface area contributed by atoms with E-state index < -0.39 is 0 Å². The van der Waals surface area contributed by atoms with Gasteiger partial charge in [0.25, 0.3) is 0 Å². The zero-order valence-electron chi connectivity index (χ0n) is 7.73. The molecule has 0 aromatic rings. The summed E-state index contributed by atoms with van der Waals surface area (Å²) in [6, 6.07) is 0. The van der Waals surface area contributed by atoms with Gasteiger partial charge in [-0.3, -0.25) is 0 Å². The Morgan fingerprint density at radius 3 is 2.33 bits per heavy atom. The third-order valence-corrected chi connectivity index (χ3v) is 3.00. The Kier molecular flexibility index (Phi) is 3.02. The Balaban J connectivity index is 0. The van der Waals surface area contributed by atoms with Crippen molar-refractivity contribution in [2.75, 3.05) is 0 Å². The molecule has 1 atom stereocenters. The zero-order chi connectivity index (χ0) is 6.20. The van der Waals surface area contributed by atoms with Crippen LogP contribution in [0.25, 0.3) is 0 Å². The van der Waals surface area contributed by atoms with Crippen LogP contribution < -0.4 is 18.9 Å². The fourth-order valence-corrected chi connectivity index (χ4v) is 1.14. The van der Waals surface area contributed by atoms with Crippen LogP contribution >= 0.6 is 0 Å². The molecule has 0 bridgehead atoms. The van der Waals surface area contributed by atoms with Crippen LogP contribution in [0.1, 0.15) is 15.3 Å². The van der Waals surface area contributed by atoms with Crippen molar-refractivity contribution in [3.8, 4) is 0 Å². The summed E-state index contributed by atoms with van der Waals surface area (Å²) >= 11 is 0. The first-order valence-electron chi connectivity index (χ1n) is 2.99. The smallest absolute Gasteiger partial charge is 1.00 e. The average Bonchev–Trinajstić information content (AvgIpc) is 1.86. The number of hydrogen-bond acceptors (Lipinski definition) is 0. The van der Waals surface area contributed by atoms with Crippen molar-refractivity contribution >= 4 is 10.2 Å². The molecule has 0 aliphatic heterocycles. The maximum absolute atomic E-state index is 2.29. The van der Waals surface area contributed by atoms with Crippen LogP contribution in [0.15, 0.2) is 23.8 Å². The topological polar surface area (TPSA) is 0 Å². The molecule has 0 saturated carbocycles. The van der Waals surface area contributed by atoms with Gasteiger partial charge in [0.2, 0.25) is 0 Å². The van der Waals surface area contributed by atoms with Gasteiger partial charge in [-0.1, -0.05) is 30.7 Å². The Morgan fingerprint density at radius 2 is 2.22 bits per heavy atom. The molecule has 0 aromatic heterocycles. The molecule has 0 saturated heterocycles. The molecule has 2 heteroatoms. The maximum atomic E-state index is 2.29. The summed E-state index contributed by atoms with van der Waals surface area (Å²) in [4.78, 5) is 0. The molecule has 0 fully saturated rings. The van der Waals surface area contributed by atoms with Gasteiger partial charge in [0.15, 0.2) is 0 Å². The maximum Gasteiger partial charge on any atom is 1.00 e. The monoisotopic (exact) mass is 132 g/mol. The zero-order valence-corrected chi connectivity index (χ0v) is 8.73. The molecular formula is C7H13LiSi. The fourth-order valence-electron chi connectivity index (χ4n) is 0.779.